The maximum absolute atomic E-state index is 12.4. The highest BCUT2D eigenvalue weighted by Crippen LogP contribution is 2.32. The maximum Gasteiger partial charge on any atom is 0.266 e. The minimum absolute atomic E-state index is 0.206. The van der Waals surface area contributed by atoms with E-state index in [0.29, 0.717) is 26.9 Å². The van der Waals surface area contributed by atoms with Gasteiger partial charge in [0.15, 0.2) is 5.78 Å². The van der Waals surface area contributed by atoms with E-state index >= 15 is 0 Å². The summed E-state index contributed by atoms with van der Waals surface area (Å²) in [5.74, 6) is -1.01. The maximum atomic E-state index is 12.4. The van der Waals surface area contributed by atoms with Crippen LogP contribution in [0.3, 0.4) is 0 Å². The zero-order valence-corrected chi connectivity index (χ0v) is 12.7. The molecule has 0 aromatic heterocycles. The van der Waals surface area contributed by atoms with Crippen molar-refractivity contribution in [1.82, 2.24) is 0 Å². The molecule has 0 fully saturated rings. The number of halogens is 1. The summed E-state index contributed by atoms with van der Waals surface area (Å²) in [7, 11) is 0. The molecule has 0 spiro atoms. The summed E-state index contributed by atoms with van der Waals surface area (Å²) >= 11 is 3.29. The summed E-state index contributed by atoms with van der Waals surface area (Å²) in [6.07, 6.45) is 0. The van der Waals surface area contributed by atoms with Gasteiger partial charge in [-0.25, -0.2) is 4.90 Å². The number of benzene rings is 2. The Hall–Kier alpha value is -2.27. The van der Waals surface area contributed by atoms with E-state index in [0.717, 1.165) is 4.90 Å². The van der Waals surface area contributed by atoms with Crippen LogP contribution in [0.4, 0.5) is 5.69 Å². The highest BCUT2D eigenvalue weighted by molar-refractivity contribution is 9.10. The molecule has 21 heavy (non-hydrogen) atoms. The number of rotatable bonds is 2. The lowest BCUT2D eigenvalue weighted by Crippen LogP contribution is -2.30. The molecule has 2 aromatic rings. The fourth-order valence-corrected chi connectivity index (χ4v) is 2.75. The summed E-state index contributed by atoms with van der Waals surface area (Å²) in [5.41, 5.74) is 1.37. The van der Waals surface area contributed by atoms with Crippen LogP contribution in [0, 0.1) is 0 Å². The molecule has 0 bridgehead atoms. The summed E-state index contributed by atoms with van der Waals surface area (Å²) in [6, 6.07) is 11.6. The number of carbonyl (C=O) groups is 3. The number of Topliss-reactive ketones (excluding diaryl/α,β-unsaturated/α-hetero) is 1. The minimum atomic E-state index is -0.402. The molecule has 0 aliphatic carbocycles. The SMILES string of the molecule is CC(=O)c1cc(Br)ccc1N1C(=O)c2ccccc2C1=O. The molecule has 4 nitrogen and oxygen atoms in total. The van der Waals surface area contributed by atoms with E-state index in [4.69, 9.17) is 0 Å². The van der Waals surface area contributed by atoms with Gasteiger partial charge in [0.1, 0.15) is 0 Å². The number of hydrogen-bond acceptors (Lipinski definition) is 3. The van der Waals surface area contributed by atoms with Crippen molar-refractivity contribution in [2.75, 3.05) is 4.90 Å². The van der Waals surface area contributed by atoms with Gasteiger partial charge < -0.3 is 0 Å². The first kappa shape index (κ1) is 13.7. The largest absolute Gasteiger partial charge is 0.294 e. The number of fused-ring (bicyclic) bond motifs is 1. The predicted octanol–water partition coefficient (Wildman–Crippen LogP) is 3.45. The minimum Gasteiger partial charge on any atom is -0.294 e. The third-order valence-electron chi connectivity index (χ3n) is 3.37. The second-order valence-electron chi connectivity index (χ2n) is 4.71. The molecule has 0 N–H and O–H groups in total. The van der Waals surface area contributed by atoms with Crippen LogP contribution in [0.2, 0.25) is 0 Å². The molecule has 0 radical (unpaired) electrons. The van der Waals surface area contributed by atoms with Crippen LogP contribution in [0.5, 0.6) is 0 Å². The Morgan fingerprint density at radius 3 is 2.10 bits per heavy atom. The van der Waals surface area contributed by atoms with Gasteiger partial charge in [-0.2, -0.15) is 0 Å². The van der Waals surface area contributed by atoms with Crippen LogP contribution < -0.4 is 4.90 Å². The molecular weight excluding hydrogens is 334 g/mol. The van der Waals surface area contributed by atoms with Gasteiger partial charge in [0.25, 0.3) is 11.8 Å². The Bertz CT molecular complexity index is 763. The molecule has 104 valence electrons. The van der Waals surface area contributed by atoms with Gasteiger partial charge in [0, 0.05) is 10.0 Å². The molecule has 5 heteroatoms. The normalized spacial score (nSPS) is 13.5. The Morgan fingerprint density at radius 1 is 1.00 bits per heavy atom. The van der Waals surface area contributed by atoms with Crippen LogP contribution >= 0.6 is 15.9 Å². The first-order chi connectivity index (χ1) is 10.0. The number of carbonyl (C=O) groups excluding carboxylic acids is 3. The molecular formula is C16H10BrNO3. The standard InChI is InChI=1S/C16H10BrNO3/c1-9(19)13-8-10(17)6-7-14(13)18-15(20)11-4-2-3-5-12(11)16(18)21/h2-8H,1H3. The van der Waals surface area contributed by atoms with Crippen molar-refractivity contribution in [3.05, 3.63) is 63.6 Å². The Kier molecular flexibility index (Phi) is 3.22. The Labute approximate surface area is 129 Å². The monoisotopic (exact) mass is 343 g/mol. The molecule has 0 saturated heterocycles. The van der Waals surface area contributed by atoms with Gasteiger partial charge in [-0.1, -0.05) is 28.1 Å². The van der Waals surface area contributed by atoms with E-state index in [9.17, 15) is 14.4 Å². The van der Waals surface area contributed by atoms with E-state index in [-0.39, 0.29) is 5.78 Å². The molecule has 0 saturated carbocycles. The highest BCUT2D eigenvalue weighted by Gasteiger charge is 2.37. The first-order valence-electron chi connectivity index (χ1n) is 6.29. The highest BCUT2D eigenvalue weighted by atomic mass is 79.9. The number of nitrogens with zero attached hydrogens (tertiary/aromatic N) is 1. The second-order valence-corrected chi connectivity index (χ2v) is 5.62. The van der Waals surface area contributed by atoms with Crippen LogP contribution in [-0.4, -0.2) is 17.6 Å². The number of hydrogen-bond donors (Lipinski definition) is 0. The van der Waals surface area contributed by atoms with Gasteiger partial charge in [-0.05, 0) is 37.3 Å². The van der Waals surface area contributed by atoms with E-state index in [1.165, 1.54) is 6.92 Å². The van der Waals surface area contributed by atoms with Crippen molar-refractivity contribution < 1.29 is 14.4 Å². The average Bonchev–Trinajstić information content (AvgIpc) is 2.72. The number of ketones is 1. The molecule has 2 amide bonds. The molecule has 0 unspecified atom stereocenters. The van der Waals surface area contributed by atoms with Crippen molar-refractivity contribution in [3.63, 3.8) is 0 Å². The fourth-order valence-electron chi connectivity index (χ4n) is 2.39. The van der Waals surface area contributed by atoms with E-state index in [2.05, 4.69) is 15.9 Å². The van der Waals surface area contributed by atoms with Crippen LogP contribution in [0.25, 0.3) is 0 Å². The number of imide groups is 1. The smallest absolute Gasteiger partial charge is 0.266 e. The quantitative estimate of drug-likeness (QED) is 0.619. The molecule has 0 atom stereocenters. The Morgan fingerprint density at radius 2 is 1.57 bits per heavy atom. The summed E-state index contributed by atoms with van der Waals surface area (Å²) < 4.78 is 0.716. The third kappa shape index (κ3) is 2.10. The lowest BCUT2D eigenvalue weighted by atomic mass is 10.1. The van der Waals surface area contributed by atoms with Gasteiger partial charge in [-0.15, -0.1) is 0 Å². The van der Waals surface area contributed by atoms with Gasteiger partial charge in [-0.3, -0.25) is 14.4 Å². The molecule has 1 aliphatic rings. The topological polar surface area (TPSA) is 54.5 Å². The number of amides is 2. The molecule has 1 aliphatic heterocycles. The van der Waals surface area contributed by atoms with E-state index in [1.54, 1.807) is 42.5 Å². The predicted molar refractivity (Wildman–Crippen MR) is 81.7 cm³/mol. The van der Waals surface area contributed by atoms with Gasteiger partial charge in [0.2, 0.25) is 0 Å². The summed E-state index contributed by atoms with van der Waals surface area (Å²) in [4.78, 5) is 37.8. The molecule has 3 rings (SSSR count). The lowest BCUT2D eigenvalue weighted by molar-refractivity contribution is 0.0926. The first-order valence-corrected chi connectivity index (χ1v) is 7.08. The Balaban J connectivity index is 2.18. The van der Waals surface area contributed by atoms with Crippen LogP contribution in [-0.2, 0) is 0 Å². The summed E-state index contributed by atoms with van der Waals surface area (Å²) in [6.45, 7) is 1.41. The summed E-state index contributed by atoms with van der Waals surface area (Å²) in [5, 5.41) is 0. The van der Waals surface area contributed by atoms with Crippen molar-refractivity contribution >= 4 is 39.2 Å². The van der Waals surface area contributed by atoms with Crippen molar-refractivity contribution in [3.8, 4) is 0 Å². The zero-order chi connectivity index (χ0) is 15.1. The second kappa shape index (κ2) is 4.93. The fraction of sp³-hybridized carbons (Fsp3) is 0.0625. The van der Waals surface area contributed by atoms with Gasteiger partial charge >= 0.3 is 0 Å². The van der Waals surface area contributed by atoms with Crippen LogP contribution in [0.1, 0.15) is 38.0 Å². The van der Waals surface area contributed by atoms with Crippen molar-refractivity contribution in [2.24, 2.45) is 0 Å². The molecule has 1 heterocycles. The lowest BCUT2D eigenvalue weighted by Gasteiger charge is -2.17. The van der Waals surface area contributed by atoms with Gasteiger partial charge in [0.05, 0.1) is 16.8 Å². The zero-order valence-electron chi connectivity index (χ0n) is 11.1. The molecule has 2 aromatic carbocycles. The number of anilines is 1. The van der Waals surface area contributed by atoms with E-state index in [1.807, 2.05) is 0 Å². The van der Waals surface area contributed by atoms with Crippen molar-refractivity contribution in [2.45, 2.75) is 6.92 Å². The third-order valence-corrected chi connectivity index (χ3v) is 3.87. The van der Waals surface area contributed by atoms with Crippen LogP contribution in [0.15, 0.2) is 46.9 Å². The van der Waals surface area contributed by atoms with Crippen molar-refractivity contribution in [1.29, 1.82) is 0 Å². The van der Waals surface area contributed by atoms with E-state index < -0.39 is 11.8 Å². The average molecular weight is 344 g/mol.